The number of benzene rings is 1. The maximum atomic E-state index is 4.88. The monoisotopic (exact) mass is 532 g/mol. The molecule has 2 unspecified atom stereocenters. The predicted molar refractivity (Wildman–Crippen MR) is 156 cm³/mol. The van der Waals surface area contributed by atoms with Gasteiger partial charge in [-0.3, -0.25) is 19.9 Å². The Morgan fingerprint density at radius 1 is 0.861 bits per heavy atom. The first kappa shape index (κ1) is 24.8. The van der Waals surface area contributed by atoms with E-state index >= 15 is 0 Å². The van der Waals surface area contributed by atoms with Gasteiger partial charge >= 0.3 is 0 Å². The summed E-state index contributed by atoms with van der Waals surface area (Å²) in [5.74, 6) is 3.37. The fourth-order valence-corrected chi connectivity index (χ4v) is 10.6. The minimum absolute atomic E-state index is 0.178. The molecule has 0 spiro atoms. The molecule has 7 heteroatoms. The molecule has 188 valence electrons. The summed E-state index contributed by atoms with van der Waals surface area (Å²) in [6.45, 7) is 7.32. The van der Waals surface area contributed by atoms with Crippen LogP contribution in [0.4, 0.5) is 0 Å². The first-order valence-electron chi connectivity index (χ1n) is 13.4. The summed E-state index contributed by atoms with van der Waals surface area (Å²) in [4.78, 5) is 18.8. The Morgan fingerprint density at radius 3 is 1.86 bits per heavy atom. The molecule has 3 aromatic rings. The summed E-state index contributed by atoms with van der Waals surface area (Å²) in [5.41, 5.74) is 4.85. The van der Waals surface area contributed by atoms with Crippen LogP contribution >= 0.6 is 18.5 Å². The Labute approximate surface area is 221 Å². The van der Waals surface area contributed by atoms with E-state index in [0.29, 0.717) is 0 Å². The number of hydrogen-bond donors (Lipinski definition) is 0. The third-order valence-corrected chi connectivity index (χ3v) is 13.3. The molecule has 0 radical (unpaired) electrons. The van der Waals surface area contributed by atoms with E-state index in [1.165, 1.54) is 48.4 Å². The van der Waals surface area contributed by atoms with Crippen LogP contribution in [-0.2, 0) is 10.6 Å². The van der Waals surface area contributed by atoms with Gasteiger partial charge in [-0.05, 0) is 73.1 Å². The van der Waals surface area contributed by atoms with Crippen molar-refractivity contribution in [1.29, 1.82) is 0 Å². The molecule has 2 atom stereocenters. The Bertz CT molecular complexity index is 1180. The van der Waals surface area contributed by atoms with Crippen LogP contribution in [0.15, 0.2) is 55.4 Å². The lowest BCUT2D eigenvalue weighted by Gasteiger charge is -2.62. The highest BCUT2D eigenvalue weighted by Gasteiger charge is 2.58. The van der Waals surface area contributed by atoms with Gasteiger partial charge in [-0.25, -0.2) is 0 Å². The highest BCUT2D eigenvalue weighted by molar-refractivity contribution is 7.19. The molecule has 2 aromatic heterocycles. The summed E-state index contributed by atoms with van der Waals surface area (Å²) >= 11 is 0. The second-order valence-electron chi connectivity index (χ2n) is 12.5. The van der Waals surface area contributed by atoms with Gasteiger partial charge in [-0.15, -0.1) is 18.5 Å². The number of rotatable bonds is 6. The number of aromatic nitrogens is 4. The third kappa shape index (κ3) is 3.76. The summed E-state index contributed by atoms with van der Waals surface area (Å²) in [7, 11) is 4.80. The summed E-state index contributed by atoms with van der Waals surface area (Å²) in [6.07, 6.45) is 19.1. The van der Waals surface area contributed by atoms with E-state index in [4.69, 9.17) is 9.97 Å². The molecule has 4 saturated carbocycles. The van der Waals surface area contributed by atoms with Gasteiger partial charge in [-0.2, -0.15) is 0 Å². The summed E-state index contributed by atoms with van der Waals surface area (Å²) in [6, 6.07) is 7.49. The van der Waals surface area contributed by atoms with Crippen molar-refractivity contribution in [2.24, 2.45) is 23.7 Å². The van der Waals surface area contributed by atoms with Gasteiger partial charge in [0.1, 0.15) is 0 Å². The average molecular weight is 533 g/mol. The fraction of sp³-hybridized carbons (Fsp3) is 0.517. The molecule has 0 saturated heterocycles. The Morgan fingerprint density at radius 2 is 1.42 bits per heavy atom. The van der Waals surface area contributed by atoms with Gasteiger partial charge in [0.25, 0.3) is 0 Å². The van der Waals surface area contributed by atoms with Crippen molar-refractivity contribution in [3.8, 4) is 0 Å². The molecule has 0 N–H and O–H groups in total. The van der Waals surface area contributed by atoms with Crippen molar-refractivity contribution in [3.05, 3.63) is 77.9 Å². The Hall–Kier alpha value is -1.54. The average Bonchev–Trinajstić information content (AvgIpc) is 2.89. The molecule has 4 bridgehead atoms. The van der Waals surface area contributed by atoms with E-state index in [2.05, 4.69) is 66.3 Å². The van der Waals surface area contributed by atoms with Gasteiger partial charge in [0.2, 0.25) is 0 Å². The second kappa shape index (κ2) is 9.04. The second-order valence-corrected chi connectivity index (χ2v) is 18.9. The van der Waals surface area contributed by atoms with Crippen LogP contribution < -0.4 is 5.19 Å². The van der Waals surface area contributed by atoms with Crippen LogP contribution in [0.3, 0.4) is 0 Å². The van der Waals surface area contributed by atoms with E-state index < -0.39 is 13.2 Å². The zero-order chi connectivity index (χ0) is 25.1. The molecular weight excluding hydrogens is 494 g/mol. The summed E-state index contributed by atoms with van der Waals surface area (Å²) < 4.78 is 0. The normalized spacial score (nSPS) is 29.5. The first-order chi connectivity index (χ1) is 17.3. The van der Waals surface area contributed by atoms with E-state index in [1.54, 1.807) is 24.8 Å². The molecule has 7 rings (SSSR count). The van der Waals surface area contributed by atoms with Crippen LogP contribution in [-0.4, -0.2) is 34.2 Å². The highest BCUT2D eigenvalue weighted by atomic mass is 31.0. The van der Waals surface area contributed by atoms with Gasteiger partial charge in [-0.1, -0.05) is 43.0 Å². The van der Waals surface area contributed by atoms with Crippen molar-refractivity contribution in [2.45, 2.75) is 62.3 Å². The molecule has 4 fully saturated rings. The number of hydrogen-bond acceptors (Lipinski definition) is 4. The quantitative estimate of drug-likeness (QED) is 0.309. The molecule has 36 heavy (non-hydrogen) atoms. The van der Waals surface area contributed by atoms with Gasteiger partial charge in [0, 0.05) is 30.2 Å². The molecular formula is C29H38N4P2Si. The lowest BCUT2D eigenvalue weighted by Crippen LogP contribution is -2.57. The Balaban J connectivity index is 1.65. The van der Waals surface area contributed by atoms with Crippen LogP contribution in [0.5, 0.6) is 0 Å². The van der Waals surface area contributed by atoms with E-state index in [0.717, 1.165) is 41.2 Å². The fourth-order valence-electron chi connectivity index (χ4n) is 8.06. The smallest absolute Gasteiger partial charge is 0.0967 e. The molecule has 4 aliphatic rings. The van der Waals surface area contributed by atoms with E-state index in [-0.39, 0.29) is 5.41 Å². The van der Waals surface area contributed by atoms with Gasteiger partial charge in [0.05, 0.1) is 37.0 Å². The number of nitrogens with zero attached hydrogens (tertiary/aromatic N) is 4. The SMILES string of the molecule is C[Si](C)(C)c1ccc(C2(CP)C3CC4CC(C3)CC2C4)c(C(P)(c2cnccn2)c2cnccn2)c1. The molecule has 4 nitrogen and oxygen atoms in total. The molecule has 1 aromatic carbocycles. The largest absolute Gasteiger partial charge is 0.261 e. The van der Waals surface area contributed by atoms with Crippen molar-refractivity contribution in [1.82, 2.24) is 19.9 Å². The van der Waals surface area contributed by atoms with Crippen molar-refractivity contribution >= 4 is 31.7 Å². The van der Waals surface area contributed by atoms with Crippen molar-refractivity contribution in [2.75, 3.05) is 6.16 Å². The maximum Gasteiger partial charge on any atom is 0.0967 e. The van der Waals surface area contributed by atoms with E-state index in [9.17, 15) is 0 Å². The molecule has 4 aliphatic carbocycles. The zero-order valence-corrected chi connectivity index (χ0v) is 25.0. The Kier molecular flexibility index (Phi) is 6.22. The maximum absolute atomic E-state index is 4.88. The van der Waals surface area contributed by atoms with Crippen molar-refractivity contribution in [3.63, 3.8) is 0 Å². The molecule has 0 aliphatic heterocycles. The predicted octanol–water partition coefficient (Wildman–Crippen LogP) is 5.55. The minimum Gasteiger partial charge on any atom is -0.261 e. The first-order valence-corrected chi connectivity index (χ1v) is 18.3. The third-order valence-electron chi connectivity index (χ3n) is 9.68. The van der Waals surface area contributed by atoms with Crippen LogP contribution in [0.25, 0.3) is 0 Å². The zero-order valence-electron chi connectivity index (χ0n) is 21.7. The van der Waals surface area contributed by atoms with Crippen LogP contribution in [0.2, 0.25) is 19.6 Å². The van der Waals surface area contributed by atoms with Gasteiger partial charge in [0.15, 0.2) is 0 Å². The highest BCUT2D eigenvalue weighted by Crippen LogP contribution is 2.64. The van der Waals surface area contributed by atoms with Gasteiger partial charge < -0.3 is 0 Å². The van der Waals surface area contributed by atoms with E-state index in [1.807, 2.05) is 12.4 Å². The van der Waals surface area contributed by atoms with Crippen LogP contribution in [0, 0.1) is 23.7 Å². The van der Waals surface area contributed by atoms with Crippen LogP contribution in [0.1, 0.15) is 54.6 Å². The molecule has 2 heterocycles. The lowest BCUT2D eigenvalue weighted by molar-refractivity contribution is -0.0504. The standard InChI is InChI=1S/C29H38N4P2Si/c1-36(2,3)23-4-5-24(28(18-34)21-11-19-10-20(13-21)14-22(28)12-19)25(15-23)29(35,26-16-30-6-8-32-26)27-17-31-7-9-33-27/h4-9,15-17,19-22H,10-14,18,34-35H2,1-3H3. The summed E-state index contributed by atoms with van der Waals surface area (Å²) in [5, 5.41) is 0.859. The topological polar surface area (TPSA) is 51.6 Å². The van der Waals surface area contributed by atoms with Crippen molar-refractivity contribution < 1.29 is 0 Å². The lowest BCUT2D eigenvalue weighted by atomic mass is 9.44. The minimum atomic E-state index is -1.57. The molecule has 0 amide bonds.